The molecule has 0 amide bonds. The molecule has 1 aromatic rings. The lowest BCUT2D eigenvalue weighted by atomic mass is 10.1. The number of rotatable bonds is 3. The minimum atomic E-state index is -0.368. The molecule has 2 heteroatoms. The van der Waals surface area contributed by atoms with Crippen molar-refractivity contribution in [2.45, 2.75) is 13.3 Å². The van der Waals surface area contributed by atoms with Gasteiger partial charge in [-0.15, -0.1) is 6.58 Å². The van der Waals surface area contributed by atoms with Crippen molar-refractivity contribution in [2.24, 2.45) is 0 Å². The molecule has 13 heavy (non-hydrogen) atoms. The average molecular weight is 178 g/mol. The van der Waals surface area contributed by atoms with Gasteiger partial charge >= 0.3 is 0 Å². The van der Waals surface area contributed by atoms with Crippen LogP contribution in [0.5, 0.6) is 0 Å². The highest BCUT2D eigenvalue weighted by Gasteiger charge is 2.05. The first-order valence-electron chi connectivity index (χ1n) is 4.05. The van der Waals surface area contributed by atoms with Crippen molar-refractivity contribution in [2.75, 3.05) is 0 Å². The molecular formula is C11H11FO. The van der Waals surface area contributed by atoms with E-state index in [2.05, 4.69) is 6.58 Å². The molecule has 0 aliphatic heterocycles. The summed E-state index contributed by atoms with van der Waals surface area (Å²) in [5.41, 5.74) is 1.17. The van der Waals surface area contributed by atoms with Gasteiger partial charge in [0.1, 0.15) is 5.82 Å². The third-order valence-electron chi connectivity index (χ3n) is 1.69. The molecule has 0 saturated heterocycles. The van der Waals surface area contributed by atoms with Gasteiger partial charge in [-0.05, 0) is 30.7 Å². The van der Waals surface area contributed by atoms with E-state index in [1.807, 2.05) is 0 Å². The summed E-state index contributed by atoms with van der Waals surface area (Å²) in [7, 11) is 0. The van der Waals surface area contributed by atoms with E-state index in [1.165, 1.54) is 18.2 Å². The fraction of sp³-hybridized carbons (Fsp3) is 0.182. The van der Waals surface area contributed by atoms with Crippen LogP contribution in [0.3, 0.4) is 0 Å². The normalized spacial score (nSPS) is 9.69. The summed E-state index contributed by atoms with van der Waals surface area (Å²) in [6, 6.07) is 4.32. The van der Waals surface area contributed by atoms with Crippen LogP contribution in [0.2, 0.25) is 0 Å². The van der Waals surface area contributed by atoms with Gasteiger partial charge in [-0.25, -0.2) is 4.39 Å². The van der Waals surface area contributed by atoms with Crippen molar-refractivity contribution >= 4 is 5.78 Å². The SMILES string of the molecule is C=CCC(=O)c1cc(C)cc(F)c1. The topological polar surface area (TPSA) is 17.1 Å². The quantitative estimate of drug-likeness (QED) is 0.513. The molecule has 1 rings (SSSR count). The maximum absolute atomic E-state index is 12.9. The van der Waals surface area contributed by atoms with Crippen molar-refractivity contribution in [3.05, 3.63) is 47.8 Å². The molecule has 1 aromatic carbocycles. The van der Waals surface area contributed by atoms with Crippen molar-refractivity contribution in [1.82, 2.24) is 0 Å². The van der Waals surface area contributed by atoms with Crippen molar-refractivity contribution < 1.29 is 9.18 Å². The van der Waals surface area contributed by atoms with E-state index in [1.54, 1.807) is 13.0 Å². The Bertz CT molecular complexity index is 322. The predicted molar refractivity (Wildman–Crippen MR) is 50.3 cm³/mol. The zero-order valence-corrected chi connectivity index (χ0v) is 7.51. The number of ketones is 1. The Hall–Kier alpha value is -1.44. The molecule has 0 aliphatic carbocycles. The smallest absolute Gasteiger partial charge is 0.166 e. The highest BCUT2D eigenvalue weighted by atomic mass is 19.1. The molecule has 1 nitrogen and oxygen atoms in total. The van der Waals surface area contributed by atoms with E-state index in [-0.39, 0.29) is 18.0 Å². The van der Waals surface area contributed by atoms with Gasteiger partial charge in [0, 0.05) is 12.0 Å². The van der Waals surface area contributed by atoms with Gasteiger partial charge in [0.2, 0.25) is 0 Å². The van der Waals surface area contributed by atoms with Crippen LogP contribution >= 0.6 is 0 Å². The van der Waals surface area contributed by atoms with E-state index in [9.17, 15) is 9.18 Å². The predicted octanol–water partition coefficient (Wildman–Crippen LogP) is 2.89. The Morgan fingerprint density at radius 3 is 2.77 bits per heavy atom. The number of halogens is 1. The van der Waals surface area contributed by atoms with Gasteiger partial charge in [-0.3, -0.25) is 4.79 Å². The number of hydrogen-bond acceptors (Lipinski definition) is 1. The van der Waals surface area contributed by atoms with E-state index in [0.717, 1.165) is 5.56 Å². The number of aryl methyl sites for hydroxylation is 1. The van der Waals surface area contributed by atoms with Crippen LogP contribution in [0.1, 0.15) is 22.3 Å². The minimum absolute atomic E-state index is 0.0994. The maximum atomic E-state index is 12.9. The second-order valence-electron chi connectivity index (χ2n) is 2.93. The molecular weight excluding hydrogens is 167 g/mol. The Kier molecular flexibility index (Phi) is 2.96. The Labute approximate surface area is 76.9 Å². The molecule has 68 valence electrons. The molecule has 0 aromatic heterocycles. The highest BCUT2D eigenvalue weighted by molar-refractivity contribution is 5.97. The molecule has 0 heterocycles. The number of benzene rings is 1. The van der Waals surface area contributed by atoms with Gasteiger partial charge in [0.15, 0.2) is 5.78 Å². The molecule has 0 N–H and O–H groups in total. The number of carbonyl (C=O) groups is 1. The van der Waals surface area contributed by atoms with E-state index in [0.29, 0.717) is 5.56 Å². The lowest BCUT2D eigenvalue weighted by Gasteiger charge is -2.00. The lowest BCUT2D eigenvalue weighted by Crippen LogP contribution is -1.98. The first-order chi connectivity index (χ1) is 6.13. The molecule has 0 aliphatic rings. The van der Waals surface area contributed by atoms with Gasteiger partial charge in [-0.2, -0.15) is 0 Å². The zero-order chi connectivity index (χ0) is 9.84. The van der Waals surface area contributed by atoms with Crippen molar-refractivity contribution in [1.29, 1.82) is 0 Å². The third-order valence-corrected chi connectivity index (χ3v) is 1.69. The fourth-order valence-corrected chi connectivity index (χ4v) is 1.15. The molecule has 0 fully saturated rings. The van der Waals surface area contributed by atoms with E-state index in [4.69, 9.17) is 0 Å². The number of allylic oxidation sites excluding steroid dienone is 1. The van der Waals surface area contributed by atoms with Gasteiger partial charge in [0.25, 0.3) is 0 Å². The summed E-state index contributed by atoms with van der Waals surface area (Å²) in [6.07, 6.45) is 1.77. The summed E-state index contributed by atoms with van der Waals surface area (Å²) in [6.45, 7) is 5.21. The van der Waals surface area contributed by atoms with Crippen molar-refractivity contribution in [3.63, 3.8) is 0 Å². The molecule has 0 radical (unpaired) electrons. The number of carbonyl (C=O) groups excluding carboxylic acids is 1. The zero-order valence-electron chi connectivity index (χ0n) is 7.51. The minimum Gasteiger partial charge on any atom is -0.294 e. The second-order valence-corrected chi connectivity index (χ2v) is 2.93. The Morgan fingerprint density at radius 1 is 1.54 bits per heavy atom. The number of hydrogen-bond donors (Lipinski definition) is 0. The van der Waals surface area contributed by atoms with E-state index < -0.39 is 0 Å². The summed E-state index contributed by atoms with van der Waals surface area (Å²) in [5.74, 6) is -0.468. The van der Waals surface area contributed by atoms with E-state index >= 15 is 0 Å². The first-order valence-corrected chi connectivity index (χ1v) is 4.05. The standard InChI is InChI=1S/C11H11FO/c1-3-4-11(13)9-5-8(2)6-10(12)7-9/h3,5-7H,1,4H2,2H3. The van der Waals surface area contributed by atoms with Gasteiger partial charge in [-0.1, -0.05) is 6.08 Å². The van der Waals surface area contributed by atoms with Crippen LogP contribution < -0.4 is 0 Å². The molecule has 0 bridgehead atoms. The van der Waals surface area contributed by atoms with Crippen LogP contribution in [0.25, 0.3) is 0 Å². The van der Waals surface area contributed by atoms with Crippen LogP contribution in [0.15, 0.2) is 30.9 Å². The molecule has 0 atom stereocenters. The largest absolute Gasteiger partial charge is 0.294 e. The first kappa shape index (κ1) is 9.65. The fourth-order valence-electron chi connectivity index (χ4n) is 1.15. The average Bonchev–Trinajstić information content (AvgIpc) is 2.03. The summed E-state index contributed by atoms with van der Waals surface area (Å²) >= 11 is 0. The van der Waals surface area contributed by atoms with Crippen molar-refractivity contribution in [3.8, 4) is 0 Å². The summed E-state index contributed by atoms with van der Waals surface area (Å²) in [5, 5.41) is 0. The molecule has 0 spiro atoms. The summed E-state index contributed by atoms with van der Waals surface area (Å²) in [4.78, 5) is 11.3. The van der Waals surface area contributed by atoms with Gasteiger partial charge < -0.3 is 0 Å². The third kappa shape index (κ3) is 2.51. The lowest BCUT2D eigenvalue weighted by molar-refractivity contribution is 0.0995. The Morgan fingerprint density at radius 2 is 2.23 bits per heavy atom. The highest BCUT2D eigenvalue weighted by Crippen LogP contribution is 2.10. The molecule has 0 saturated carbocycles. The second kappa shape index (κ2) is 3.99. The Balaban J connectivity index is 3.00. The van der Waals surface area contributed by atoms with Crippen LogP contribution in [0, 0.1) is 12.7 Å². The monoisotopic (exact) mass is 178 g/mol. The maximum Gasteiger partial charge on any atom is 0.166 e. The van der Waals surface area contributed by atoms with Crippen LogP contribution in [0.4, 0.5) is 4.39 Å². The number of Topliss-reactive ketones (excluding diaryl/α,β-unsaturated/α-hetero) is 1. The van der Waals surface area contributed by atoms with Crippen LogP contribution in [-0.4, -0.2) is 5.78 Å². The van der Waals surface area contributed by atoms with Crippen LogP contribution in [-0.2, 0) is 0 Å². The van der Waals surface area contributed by atoms with Gasteiger partial charge in [0.05, 0.1) is 0 Å². The summed E-state index contributed by atoms with van der Waals surface area (Å²) < 4.78 is 12.9. The molecule has 0 unspecified atom stereocenters.